The second-order valence-corrected chi connectivity index (χ2v) is 7.65. The number of rotatable bonds is 5. The highest BCUT2D eigenvalue weighted by Gasteiger charge is 2.27. The monoisotopic (exact) mass is 442 g/mol. The van der Waals surface area contributed by atoms with Gasteiger partial charge >= 0.3 is 6.03 Å². The van der Waals surface area contributed by atoms with Gasteiger partial charge in [-0.15, -0.1) is 0 Å². The molecule has 1 fully saturated rings. The fourth-order valence-electron chi connectivity index (χ4n) is 3.89. The van der Waals surface area contributed by atoms with Crippen LogP contribution in [0, 0.1) is 0 Å². The lowest BCUT2D eigenvalue weighted by Crippen LogP contribution is -2.29. The van der Waals surface area contributed by atoms with E-state index in [0.717, 1.165) is 11.4 Å². The van der Waals surface area contributed by atoms with Crippen molar-refractivity contribution in [2.75, 3.05) is 32.1 Å². The highest BCUT2D eigenvalue weighted by Crippen LogP contribution is 2.30. The summed E-state index contributed by atoms with van der Waals surface area (Å²) in [5, 5.41) is 8.98. The first-order valence-electron chi connectivity index (χ1n) is 10.5. The average molecular weight is 442 g/mol. The van der Waals surface area contributed by atoms with Crippen LogP contribution in [-0.2, 0) is 0 Å². The van der Waals surface area contributed by atoms with Crippen LogP contribution in [0.5, 0.6) is 5.75 Å². The van der Waals surface area contributed by atoms with E-state index in [4.69, 9.17) is 4.74 Å². The minimum absolute atomic E-state index is 0.0530. The molecule has 2 aromatic heterocycles. The van der Waals surface area contributed by atoms with Gasteiger partial charge in [0.1, 0.15) is 11.4 Å². The van der Waals surface area contributed by atoms with Gasteiger partial charge < -0.3 is 9.64 Å². The molecule has 0 aliphatic carbocycles. The zero-order chi connectivity index (χ0) is 22.9. The van der Waals surface area contributed by atoms with Crippen LogP contribution in [0.1, 0.15) is 0 Å². The molecule has 2 amide bonds. The predicted molar refractivity (Wildman–Crippen MR) is 124 cm³/mol. The number of hydrogen-bond acceptors (Lipinski definition) is 5. The summed E-state index contributed by atoms with van der Waals surface area (Å²) in [4.78, 5) is 28.5. The van der Waals surface area contributed by atoms with Gasteiger partial charge in [0, 0.05) is 44.2 Å². The molecule has 33 heavy (non-hydrogen) atoms. The number of benzene rings is 2. The van der Waals surface area contributed by atoms with E-state index in [0.29, 0.717) is 30.2 Å². The van der Waals surface area contributed by atoms with Gasteiger partial charge in [-0.25, -0.2) is 14.2 Å². The Hall–Kier alpha value is -4.40. The van der Waals surface area contributed by atoms with Crippen LogP contribution in [0.4, 0.5) is 10.5 Å². The molecule has 0 saturated carbocycles. The molecular weight excluding hydrogens is 420 g/mol. The lowest BCUT2D eigenvalue weighted by atomic mass is 10.2. The van der Waals surface area contributed by atoms with Gasteiger partial charge in [-0.05, 0) is 30.3 Å². The molecule has 1 aliphatic heterocycles. The van der Waals surface area contributed by atoms with E-state index in [9.17, 15) is 9.59 Å². The Morgan fingerprint density at radius 1 is 0.939 bits per heavy atom. The van der Waals surface area contributed by atoms with Crippen molar-refractivity contribution in [3.63, 3.8) is 0 Å². The summed E-state index contributed by atoms with van der Waals surface area (Å²) in [7, 11) is 3.34. The molecule has 2 aromatic carbocycles. The number of para-hydroxylation sites is 1. The van der Waals surface area contributed by atoms with Gasteiger partial charge in [0.15, 0.2) is 5.69 Å². The molecule has 0 atom stereocenters. The zero-order valence-corrected chi connectivity index (χ0v) is 18.3. The van der Waals surface area contributed by atoms with Crippen LogP contribution in [0.3, 0.4) is 0 Å². The second-order valence-electron chi connectivity index (χ2n) is 7.65. The van der Waals surface area contributed by atoms with Gasteiger partial charge in [0.25, 0.3) is 0 Å². The van der Waals surface area contributed by atoms with Crippen molar-refractivity contribution < 1.29 is 9.53 Å². The number of nitrogens with zero attached hydrogens (tertiary/aromatic N) is 6. The molecule has 3 heterocycles. The molecule has 9 heteroatoms. The lowest BCUT2D eigenvalue weighted by Gasteiger charge is -2.19. The number of carbonyl (C=O) groups excluding carboxylic acids is 1. The van der Waals surface area contributed by atoms with Crippen LogP contribution in [-0.4, -0.2) is 57.7 Å². The molecule has 5 rings (SSSR count). The standard InChI is InChI=1S/C24H22N6O3/c1-27-14-15-28(24(27)32)18-8-9-19(22(16-18)33-2)29-13-11-21(31)23(26-29)20-10-12-25-30(20)17-6-4-3-5-7-17/h3-13,16H,14-15H2,1-2H3. The summed E-state index contributed by atoms with van der Waals surface area (Å²) in [5.74, 6) is 0.536. The number of aromatic nitrogens is 4. The maximum Gasteiger partial charge on any atom is 0.324 e. The van der Waals surface area contributed by atoms with Gasteiger partial charge in [-0.2, -0.15) is 10.2 Å². The first kappa shape index (κ1) is 20.5. The number of carbonyl (C=O) groups is 1. The quantitative estimate of drug-likeness (QED) is 0.474. The van der Waals surface area contributed by atoms with Crippen LogP contribution in [0.25, 0.3) is 22.8 Å². The zero-order valence-electron chi connectivity index (χ0n) is 18.3. The normalized spacial score (nSPS) is 13.6. The van der Waals surface area contributed by atoms with E-state index in [2.05, 4.69) is 10.2 Å². The number of urea groups is 1. The number of methoxy groups -OCH3 is 1. The van der Waals surface area contributed by atoms with Gasteiger partial charge in [-0.1, -0.05) is 18.2 Å². The number of hydrogen-bond donors (Lipinski definition) is 0. The Bertz CT molecular complexity index is 1380. The highest BCUT2D eigenvalue weighted by molar-refractivity contribution is 5.94. The number of amides is 2. The summed E-state index contributed by atoms with van der Waals surface area (Å²) < 4.78 is 8.89. The molecule has 0 radical (unpaired) electrons. The maximum absolute atomic E-state index is 12.7. The third-order valence-electron chi connectivity index (χ3n) is 5.63. The van der Waals surface area contributed by atoms with Crippen molar-refractivity contribution in [3.8, 4) is 28.5 Å². The summed E-state index contributed by atoms with van der Waals surface area (Å²) in [6.45, 7) is 1.28. The fourth-order valence-corrected chi connectivity index (χ4v) is 3.89. The Labute approximate surface area is 190 Å². The molecule has 0 spiro atoms. The van der Waals surface area contributed by atoms with Crippen molar-refractivity contribution in [2.45, 2.75) is 0 Å². The molecular formula is C24H22N6O3. The Kier molecular flexibility index (Phi) is 5.14. The average Bonchev–Trinajstić information content (AvgIpc) is 3.47. The third kappa shape index (κ3) is 3.63. The van der Waals surface area contributed by atoms with Crippen molar-refractivity contribution in [1.29, 1.82) is 0 Å². The fraction of sp³-hybridized carbons (Fsp3) is 0.167. The molecule has 0 N–H and O–H groups in total. The van der Waals surface area contributed by atoms with Crippen molar-refractivity contribution in [3.05, 3.63) is 83.3 Å². The Morgan fingerprint density at radius 3 is 2.48 bits per heavy atom. The van der Waals surface area contributed by atoms with Crippen molar-refractivity contribution in [2.24, 2.45) is 0 Å². The summed E-state index contributed by atoms with van der Waals surface area (Å²) >= 11 is 0. The largest absolute Gasteiger partial charge is 0.494 e. The molecule has 166 valence electrons. The molecule has 1 aliphatic rings. The maximum atomic E-state index is 12.7. The summed E-state index contributed by atoms with van der Waals surface area (Å²) in [6, 6.07) is 18.2. The Balaban J connectivity index is 1.56. The van der Waals surface area contributed by atoms with Gasteiger partial charge in [-0.3, -0.25) is 9.69 Å². The molecule has 9 nitrogen and oxygen atoms in total. The first-order valence-corrected chi connectivity index (χ1v) is 10.5. The van der Waals surface area contributed by atoms with Gasteiger partial charge in [0.05, 0.1) is 24.7 Å². The van der Waals surface area contributed by atoms with E-state index in [1.807, 2.05) is 42.5 Å². The summed E-state index contributed by atoms with van der Waals surface area (Å²) in [5.41, 5.74) is 2.85. The molecule has 0 unspecified atom stereocenters. The highest BCUT2D eigenvalue weighted by atomic mass is 16.5. The Morgan fingerprint density at radius 2 is 1.76 bits per heavy atom. The number of anilines is 1. The van der Waals surface area contributed by atoms with Crippen LogP contribution >= 0.6 is 0 Å². The predicted octanol–water partition coefficient (Wildman–Crippen LogP) is 2.97. The SMILES string of the molecule is COc1cc(N2CCN(C)C2=O)ccc1-n1ccc(=O)c(-c2ccnn2-c2ccccc2)n1. The van der Waals surface area contributed by atoms with Crippen LogP contribution in [0.15, 0.2) is 77.9 Å². The van der Waals surface area contributed by atoms with Crippen LogP contribution < -0.4 is 15.1 Å². The second kappa shape index (κ2) is 8.27. The first-order chi connectivity index (χ1) is 16.1. The third-order valence-corrected chi connectivity index (χ3v) is 5.63. The van der Waals surface area contributed by atoms with E-state index in [1.54, 1.807) is 57.8 Å². The van der Waals surface area contributed by atoms with E-state index in [1.165, 1.54) is 6.07 Å². The molecule has 4 aromatic rings. The van der Waals surface area contributed by atoms with Crippen LogP contribution in [0.2, 0.25) is 0 Å². The van der Waals surface area contributed by atoms with Crippen molar-refractivity contribution >= 4 is 11.7 Å². The minimum Gasteiger partial charge on any atom is -0.494 e. The van der Waals surface area contributed by atoms with Gasteiger partial charge in [0.2, 0.25) is 5.43 Å². The number of likely N-dealkylation sites (N-methyl/N-ethyl adjacent to an activating group) is 1. The van der Waals surface area contributed by atoms with E-state index < -0.39 is 0 Å². The van der Waals surface area contributed by atoms with E-state index >= 15 is 0 Å². The van der Waals surface area contributed by atoms with Crippen molar-refractivity contribution in [1.82, 2.24) is 24.5 Å². The topological polar surface area (TPSA) is 85.5 Å². The minimum atomic E-state index is -0.217. The van der Waals surface area contributed by atoms with E-state index in [-0.39, 0.29) is 17.2 Å². The smallest absolute Gasteiger partial charge is 0.324 e. The summed E-state index contributed by atoms with van der Waals surface area (Å²) in [6.07, 6.45) is 3.24. The lowest BCUT2D eigenvalue weighted by molar-refractivity contribution is 0.229. The number of ether oxygens (including phenoxy) is 1. The molecule has 1 saturated heterocycles. The molecule has 0 bridgehead atoms.